The van der Waals surface area contributed by atoms with Crippen LogP contribution in [0.4, 0.5) is 0 Å². The van der Waals surface area contributed by atoms with Crippen LogP contribution in [0.25, 0.3) is 0 Å². The first-order chi connectivity index (χ1) is 12.7. The van der Waals surface area contributed by atoms with Crippen LogP contribution in [0, 0.1) is 5.92 Å². The first-order valence-electron chi connectivity index (χ1n) is 9.53. The molecule has 2 N–H and O–H groups in total. The van der Waals surface area contributed by atoms with E-state index in [0.717, 1.165) is 25.9 Å². The van der Waals surface area contributed by atoms with Crippen LogP contribution in [0.5, 0.6) is 0 Å². The molecule has 1 atom stereocenters. The molecular formula is C19H30ClN3O3S. The van der Waals surface area contributed by atoms with Gasteiger partial charge < -0.3 is 5.32 Å². The summed E-state index contributed by atoms with van der Waals surface area (Å²) in [5.41, 5.74) is 0.289. The molecule has 8 heteroatoms. The predicted molar refractivity (Wildman–Crippen MR) is 109 cm³/mol. The first kappa shape index (κ1) is 22.1. The monoisotopic (exact) mass is 415 g/mol. The Kier molecular flexibility index (Phi) is 7.68. The SMILES string of the molecule is CCN(CC)C(CNC(=O)c1ccc(Cl)c(S(=O)(=O)NC2CC2)c1)C(C)C. The zero-order chi connectivity index (χ0) is 20.2. The van der Waals surface area contributed by atoms with Crippen molar-refractivity contribution in [1.29, 1.82) is 0 Å². The van der Waals surface area contributed by atoms with E-state index in [2.05, 4.69) is 42.6 Å². The maximum Gasteiger partial charge on any atom is 0.251 e. The maximum atomic E-state index is 12.6. The summed E-state index contributed by atoms with van der Waals surface area (Å²) >= 11 is 6.08. The van der Waals surface area contributed by atoms with Gasteiger partial charge in [-0.15, -0.1) is 0 Å². The van der Waals surface area contributed by atoms with Crippen LogP contribution in [0.3, 0.4) is 0 Å². The summed E-state index contributed by atoms with van der Waals surface area (Å²) < 4.78 is 27.5. The van der Waals surface area contributed by atoms with Crippen molar-refractivity contribution in [2.75, 3.05) is 19.6 Å². The summed E-state index contributed by atoms with van der Waals surface area (Å²) in [5, 5.41) is 3.06. The highest BCUT2D eigenvalue weighted by Gasteiger charge is 2.30. The van der Waals surface area contributed by atoms with E-state index >= 15 is 0 Å². The number of carbonyl (C=O) groups excluding carboxylic acids is 1. The van der Waals surface area contributed by atoms with Crippen molar-refractivity contribution in [2.24, 2.45) is 5.92 Å². The Hall–Kier alpha value is -1.15. The molecule has 0 aromatic heterocycles. The fourth-order valence-electron chi connectivity index (χ4n) is 3.11. The minimum atomic E-state index is -3.72. The molecule has 0 bridgehead atoms. The summed E-state index contributed by atoms with van der Waals surface area (Å²) in [6.45, 7) is 10.8. The zero-order valence-corrected chi connectivity index (χ0v) is 18.0. The molecule has 1 aliphatic carbocycles. The molecule has 1 aromatic carbocycles. The molecular weight excluding hydrogens is 386 g/mol. The minimum Gasteiger partial charge on any atom is -0.350 e. The highest BCUT2D eigenvalue weighted by molar-refractivity contribution is 7.89. The summed E-state index contributed by atoms with van der Waals surface area (Å²) in [4.78, 5) is 14.9. The molecule has 1 unspecified atom stereocenters. The zero-order valence-electron chi connectivity index (χ0n) is 16.5. The number of carbonyl (C=O) groups is 1. The molecule has 0 spiro atoms. The third kappa shape index (κ3) is 5.91. The molecule has 152 valence electrons. The third-order valence-electron chi connectivity index (χ3n) is 4.90. The quantitative estimate of drug-likeness (QED) is 0.615. The number of nitrogens with one attached hydrogen (secondary N) is 2. The largest absolute Gasteiger partial charge is 0.350 e. The van der Waals surface area contributed by atoms with Crippen molar-refractivity contribution in [3.63, 3.8) is 0 Å². The van der Waals surface area contributed by atoms with Gasteiger partial charge in [0.1, 0.15) is 4.90 Å². The van der Waals surface area contributed by atoms with Gasteiger partial charge in [0.2, 0.25) is 10.0 Å². The molecule has 1 amide bonds. The van der Waals surface area contributed by atoms with E-state index in [1.165, 1.54) is 12.1 Å². The van der Waals surface area contributed by atoms with E-state index in [1.54, 1.807) is 6.07 Å². The first-order valence-corrected chi connectivity index (χ1v) is 11.4. The van der Waals surface area contributed by atoms with Crippen molar-refractivity contribution < 1.29 is 13.2 Å². The van der Waals surface area contributed by atoms with Crippen LogP contribution in [0.1, 0.15) is 50.9 Å². The lowest BCUT2D eigenvalue weighted by Crippen LogP contribution is -2.46. The molecule has 1 saturated carbocycles. The molecule has 1 fully saturated rings. The van der Waals surface area contributed by atoms with E-state index in [4.69, 9.17) is 11.6 Å². The summed E-state index contributed by atoms with van der Waals surface area (Å²) in [5.74, 6) is 0.0847. The topological polar surface area (TPSA) is 78.5 Å². The molecule has 2 rings (SSSR count). The predicted octanol–water partition coefficient (Wildman–Crippen LogP) is 2.88. The molecule has 0 heterocycles. The second kappa shape index (κ2) is 9.37. The van der Waals surface area contributed by atoms with Gasteiger partial charge in [-0.2, -0.15) is 0 Å². The summed E-state index contributed by atoms with van der Waals surface area (Å²) in [6, 6.07) is 4.56. The number of hydrogen-bond donors (Lipinski definition) is 2. The fourth-order valence-corrected chi connectivity index (χ4v) is 4.94. The number of amides is 1. The molecule has 1 aliphatic rings. The number of likely N-dealkylation sites (N-methyl/N-ethyl adjacent to an activating group) is 1. The Morgan fingerprint density at radius 3 is 2.41 bits per heavy atom. The molecule has 1 aromatic rings. The second-order valence-corrected chi connectivity index (χ2v) is 9.37. The van der Waals surface area contributed by atoms with E-state index in [9.17, 15) is 13.2 Å². The van der Waals surface area contributed by atoms with Gasteiger partial charge in [0.05, 0.1) is 5.02 Å². The third-order valence-corrected chi connectivity index (χ3v) is 6.91. The second-order valence-electron chi connectivity index (χ2n) is 7.28. The Morgan fingerprint density at radius 2 is 1.89 bits per heavy atom. The average Bonchev–Trinajstić information content (AvgIpc) is 3.41. The average molecular weight is 416 g/mol. The van der Waals surface area contributed by atoms with Gasteiger partial charge in [0.15, 0.2) is 0 Å². The summed E-state index contributed by atoms with van der Waals surface area (Å²) in [7, 11) is -3.72. The molecule has 0 radical (unpaired) electrons. The van der Waals surface area contributed by atoms with Gasteiger partial charge >= 0.3 is 0 Å². The lowest BCUT2D eigenvalue weighted by Gasteiger charge is -2.32. The molecule has 6 nitrogen and oxygen atoms in total. The van der Waals surface area contributed by atoms with Gasteiger partial charge in [-0.1, -0.05) is 39.3 Å². The van der Waals surface area contributed by atoms with Crippen molar-refractivity contribution in [2.45, 2.75) is 57.5 Å². The number of hydrogen-bond acceptors (Lipinski definition) is 4. The number of halogens is 1. The van der Waals surface area contributed by atoms with Crippen LogP contribution >= 0.6 is 11.6 Å². The number of rotatable bonds is 10. The van der Waals surface area contributed by atoms with E-state index in [0.29, 0.717) is 12.5 Å². The van der Waals surface area contributed by atoms with E-state index in [1.807, 2.05) is 0 Å². The van der Waals surface area contributed by atoms with E-state index < -0.39 is 10.0 Å². The Morgan fingerprint density at radius 1 is 1.26 bits per heavy atom. The Balaban J connectivity index is 2.13. The van der Waals surface area contributed by atoms with Gasteiger partial charge in [0, 0.05) is 24.2 Å². The molecule has 0 aliphatic heterocycles. The summed E-state index contributed by atoms with van der Waals surface area (Å²) in [6.07, 6.45) is 1.66. The number of benzene rings is 1. The maximum absolute atomic E-state index is 12.6. The lowest BCUT2D eigenvalue weighted by molar-refractivity contribution is 0.0921. The van der Waals surface area contributed by atoms with Crippen molar-refractivity contribution in [1.82, 2.24) is 14.9 Å². The smallest absolute Gasteiger partial charge is 0.251 e. The number of nitrogens with zero attached hydrogens (tertiary/aromatic N) is 1. The normalized spacial score (nSPS) is 16.0. The Labute approximate surface area is 167 Å². The van der Waals surface area contributed by atoms with Crippen molar-refractivity contribution >= 4 is 27.5 Å². The highest BCUT2D eigenvalue weighted by Crippen LogP contribution is 2.27. The number of sulfonamides is 1. The van der Waals surface area contributed by atoms with Gasteiger partial charge in [-0.05, 0) is 50.0 Å². The van der Waals surface area contributed by atoms with Crippen LogP contribution in [0.15, 0.2) is 23.1 Å². The molecule has 27 heavy (non-hydrogen) atoms. The van der Waals surface area contributed by atoms with Gasteiger partial charge in [-0.25, -0.2) is 13.1 Å². The standard InChI is InChI=1S/C19H30ClN3O3S/c1-5-23(6-2)17(13(3)4)12-21-19(24)14-7-10-16(20)18(11-14)27(25,26)22-15-8-9-15/h7,10-11,13,15,17,22H,5-6,8-9,12H2,1-4H3,(H,21,24). The Bertz CT molecular complexity index is 759. The van der Waals surface area contributed by atoms with Gasteiger partial charge in [0.25, 0.3) is 5.91 Å². The van der Waals surface area contributed by atoms with Crippen LogP contribution in [-0.2, 0) is 10.0 Å². The van der Waals surface area contributed by atoms with Crippen molar-refractivity contribution in [3.8, 4) is 0 Å². The van der Waals surface area contributed by atoms with Crippen LogP contribution in [0.2, 0.25) is 5.02 Å². The van der Waals surface area contributed by atoms with Crippen LogP contribution < -0.4 is 10.0 Å². The van der Waals surface area contributed by atoms with E-state index in [-0.39, 0.29) is 33.5 Å². The van der Waals surface area contributed by atoms with Crippen LogP contribution in [-0.4, -0.2) is 50.9 Å². The van der Waals surface area contributed by atoms with Crippen molar-refractivity contribution in [3.05, 3.63) is 28.8 Å². The highest BCUT2D eigenvalue weighted by atomic mass is 35.5. The molecule has 0 saturated heterocycles. The minimum absolute atomic E-state index is 0.0237. The van der Waals surface area contributed by atoms with Gasteiger partial charge in [-0.3, -0.25) is 9.69 Å². The lowest BCUT2D eigenvalue weighted by atomic mass is 10.0. The fraction of sp³-hybridized carbons (Fsp3) is 0.632.